The van der Waals surface area contributed by atoms with Gasteiger partial charge in [-0.2, -0.15) is 14.0 Å². The summed E-state index contributed by atoms with van der Waals surface area (Å²) in [6, 6.07) is 0. The second kappa shape index (κ2) is 7.88. The van der Waals surface area contributed by atoms with Crippen LogP contribution < -0.4 is 33.8 Å². The Balaban J connectivity index is -0.0000000457. The minimum atomic E-state index is -6.02. The minimum absolute atomic E-state index is 0. The molecule has 0 radical (unpaired) electrons. The van der Waals surface area contributed by atoms with Gasteiger partial charge in [0.15, 0.2) is 0 Å². The average Bonchev–Trinajstić information content (AvgIpc) is 1.12. The molecule has 9 N–H and O–H groups in total. The molecule has 0 amide bonds. The molecule has 10 nitrogen and oxygen atoms in total. The molecule has 12 heavy (non-hydrogen) atoms. The van der Waals surface area contributed by atoms with Crippen molar-refractivity contribution in [1.29, 1.82) is 0 Å². The first-order valence-corrected chi connectivity index (χ1v) is 5.84. The van der Waals surface area contributed by atoms with Crippen LogP contribution in [-0.4, -0.2) is 4.66 Å². The Hall–Kier alpha value is 0.258. The number of quaternary nitrogens is 2. The summed E-state index contributed by atoms with van der Waals surface area (Å²) in [6.07, 6.45) is 0. The summed E-state index contributed by atoms with van der Waals surface area (Å²) in [7, 11) is -4.69. The van der Waals surface area contributed by atoms with Crippen molar-refractivity contribution in [2.24, 2.45) is 0 Å². The molecule has 0 aliphatic heterocycles. The third-order valence-electron chi connectivity index (χ3n) is 0. The Bertz CT molecular complexity index is 152. The number of hydrogen-bond donors (Lipinski definition) is 3. The molecule has 0 aromatic carbocycles. The fourth-order valence-electron chi connectivity index (χ4n) is 0. The summed E-state index contributed by atoms with van der Waals surface area (Å²) in [5.74, 6) is 0. The molecule has 0 saturated heterocycles. The Morgan fingerprint density at radius 1 is 1.00 bits per heavy atom. The molecule has 0 fully saturated rings. The van der Waals surface area contributed by atoms with Gasteiger partial charge in [0.25, 0.3) is 0 Å². The van der Waals surface area contributed by atoms with Crippen molar-refractivity contribution >= 4 is 0 Å². The van der Waals surface area contributed by atoms with E-state index in [2.05, 4.69) is 0 Å². The standard InChI is InChI=1S/ClHO4.Mo.2H3N.4O/c2-1(3,4)5;;;;;;;/h(H,2,3,4,5);;2*1H3;;;;/q;;;;;;2*-1/p+2. The molecule has 0 rings (SSSR count). The van der Waals surface area contributed by atoms with E-state index in [1.54, 1.807) is 0 Å². The van der Waals surface area contributed by atoms with Crippen LogP contribution in [-0.2, 0) is 23.5 Å². The van der Waals surface area contributed by atoms with Crippen molar-refractivity contribution in [3.63, 3.8) is 0 Å². The summed E-state index contributed by atoms with van der Waals surface area (Å²) in [5, 5.41) is 0. The summed E-state index contributed by atoms with van der Waals surface area (Å²) in [4.78, 5) is 0. The molecule has 0 spiro atoms. The average molecular weight is 296 g/mol. The van der Waals surface area contributed by atoms with E-state index in [4.69, 9.17) is 33.0 Å². The molecular weight excluding hydrogens is 287 g/mol. The van der Waals surface area contributed by atoms with E-state index in [1.807, 2.05) is 0 Å². The fraction of sp³-hybridized carbons (Fsp3) is 0. The van der Waals surface area contributed by atoms with Crippen LogP contribution in [0, 0.1) is 10.2 Å². The van der Waals surface area contributed by atoms with Crippen molar-refractivity contribution in [3.8, 4) is 0 Å². The first kappa shape index (κ1) is 22.8. The topological polar surface area (TPSA) is 243 Å². The van der Waals surface area contributed by atoms with E-state index in [9.17, 15) is 0 Å². The van der Waals surface area contributed by atoms with Crippen LogP contribution in [0.4, 0.5) is 0 Å². The van der Waals surface area contributed by atoms with Crippen molar-refractivity contribution in [3.05, 3.63) is 0 Å². The van der Waals surface area contributed by atoms with Crippen LogP contribution >= 0.6 is 0 Å². The zero-order valence-electron chi connectivity index (χ0n) is 6.09. The summed E-state index contributed by atoms with van der Waals surface area (Å²) < 4.78 is 67.2. The van der Waals surface area contributed by atoms with Gasteiger partial charge < -0.3 is 12.3 Å². The van der Waals surface area contributed by atoms with Crippen molar-refractivity contribution < 1.29 is 59.9 Å². The Morgan fingerprint density at radius 3 is 1.00 bits per heavy atom. The summed E-state index contributed by atoms with van der Waals surface area (Å²) >= 11 is -6.02. The van der Waals surface area contributed by atoms with Crippen LogP contribution in [0.3, 0.4) is 0 Å². The van der Waals surface area contributed by atoms with E-state index < -0.39 is 27.0 Å². The van der Waals surface area contributed by atoms with Gasteiger partial charge in [0, 0.05) is 0 Å². The molecule has 0 bridgehead atoms. The maximum absolute atomic E-state index is 8.63. The molecule has 0 aromatic rings. The van der Waals surface area contributed by atoms with Crippen LogP contribution in [0.5, 0.6) is 0 Å². The third-order valence-corrected chi connectivity index (χ3v) is 0. The molecule has 0 aromatic heterocycles. The Kier molecular flexibility index (Phi) is 15.0. The number of halogens is 1. The van der Waals surface area contributed by atoms with Crippen LogP contribution in [0.2, 0.25) is 0 Å². The van der Waals surface area contributed by atoms with Crippen LogP contribution in [0.15, 0.2) is 0 Å². The van der Waals surface area contributed by atoms with E-state index in [0.717, 1.165) is 0 Å². The summed E-state index contributed by atoms with van der Waals surface area (Å²) in [6.45, 7) is 0. The predicted octanol–water partition coefficient (Wildman–Crippen LogP) is -5.99. The molecule has 0 aliphatic carbocycles. The quantitative estimate of drug-likeness (QED) is 0.362. The van der Waals surface area contributed by atoms with Crippen molar-refractivity contribution in [2.45, 2.75) is 0 Å². The van der Waals surface area contributed by atoms with E-state index >= 15 is 0 Å². The van der Waals surface area contributed by atoms with Crippen LogP contribution in [0.1, 0.15) is 0 Å². The van der Waals surface area contributed by atoms with Gasteiger partial charge in [-0.3, -0.25) is 0 Å². The van der Waals surface area contributed by atoms with Gasteiger partial charge in [0.1, 0.15) is 0 Å². The molecule has 0 aliphatic rings. The number of rotatable bonds is 0. The zero-order valence-corrected chi connectivity index (χ0v) is 8.85. The second-order valence-corrected chi connectivity index (χ2v) is 3.60. The molecule has 0 heterocycles. The van der Waals surface area contributed by atoms with Crippen molar-refractivity contribution in [2.75, 3.05) is 0 Å². The zero-order chi connectivity index (χ0) is 9.00. The normalized spacial score (nSPS) is 9.83. The van der Waals surface area contributed by atoms with Gasteiger partial charge in [-0.1, -0.05) is 0 Å². The van der Waals surface area contributed by atoms with Gasteiger partial charge in [-0.25, -0.2) is 0 Å². The van der Waals surface area contributed by atoms with Gasteiger partial charge in [0.05, 0.1) is 14.9 Å². The molecular formula is H9ClMoN2O8. The van der Waals surface area contributed by atoms with Gasteiger partial charge >= 0.3 is 31.1 Å². The Morgan fingerprint density at radius 2 is 1.00 bits per heavy atom. The summed E-state index contributed by atoms with van der Waals surface area (Å²) in [5.41, 5.74) is 0. The molecule has 0 atom stereocenters. The van der Waals surface area contributed by atoms with E-state index in [-0.39, 0.29) is 12.3 Å². The first-order chi connectivity index (χ1) is 4.00. The van der Waals surface area contributed by atoms with Crippen molar-refractivity contribution in [1.82, 2.24) is 12.3 Å². The SMILES string of the molecule is [NH4+].[NH4+].[O-][Cl+3]([O-])([O-])O.[O]=[Mo](=[O])([O-])[O-]. The predicted molar refractivity (Wildman–Crippen MR) is 15.6 cm³/mol. The van der Waals surface area contributed by atoms with Gasteiger partial charge in [-0.05, 0) is 0 Å². The number of hydrogen-bond acceptors (Lipinski definition) is 8. The fourth-order valence-corrected chi connectivity index (χ4v) is 0. The van der Waals surface area contributed by atoms with E-state index in [0.29, 0.717) is 0 Å². The van der Waals surface area contributed by atoms with Crippen LogP contribution in [0.25, 0.3) is 0 Å². The molecule has 0 unspecified atom stereocenters. The first-order valence-electron chi connectivity index (χ1n) is 1.30. The third kappa shape index (κ3) is 13200. The maximum atomic E-state index is 8.63. The van der Waals surface area contributed by atoms with E-state index in [1.165, 1.54) is 0 Å². The Labute approximate surface area is 72.7 Å². The monoisotopic (exact) mass is 298 g/mol. The molecule has 12 heteroatoms. The van der Waals surface area contributed by atoms with Gasteiger partial charge in [-0.15, -0.1) is 0 Å². The molecule has 80 valence electrons. The van der Waals surface area contributed by atoms with Gasteiger partial charge in [0.2, 0.25) is 0 Å². The second-order valence-electron chi connectivity index (χ2n) is 0.804. The molecule has 0 saturated carbocycles.